The number of methoxy groups -OCH3 is 3. The number of carboxylic acid groups (broad SMARTS) is 1. The molecule has 0 saturated carbocycles. The molecule has 4 aromatic carbocycles. The molecular formula is C52H41MnN4O12-. The number of allylic oxidation sites excluding steroid dienone is 4. The minimum absolute atomic E-state index is 0. The number of phenolic OH excluding ortho intramolecular Hbond substituents is 3. The monoisotopic (exact) mass is 968 g/mol. The van der Waals surface area contributed by atoms with E-state index in [-0.39, 0.29) is 57.6 Å². The number of aromatic nitrogens is 2. The Morgan fingerprint density at radius 3 is 1.65 bits per heavy atom. The summed E-state index contributed by atoms with van der Waals surface area (Å²) in [5, 5.41) is 57.2. The second-order valence-corrected chi connectivity index (χ2v) is 15.5. The van der Waals surface area contributed by atoms with Gasteiger partial charge < -0.3 is 54.5 Å². The molecule has 69 heavy (non-hydrogen) atoms. The Hall–Kier alpha value is -8.66. The zero-order valence-electron chi connectivity index (χ0n) is 37.2. The third-order valence-corrected chi connectivity index (χ3v) is 11.5. The van der Waals surface area contributed by atoms with E-state index >= 15 is 0 Å². The van der Waals surface area contributed by atoms with Crippen molar-refractivity contribution in [2.45, 2.75) is 12.8 Å². The number of carboxylic acids is 1. The van der Waals surface area contributed by atoms with Gasteiger partial charge in [-0.3, -0.25) is 4.99 Å². The van der Waals surface area contributed by atoms with E-state index in [0.717, 1.165) is 0 Å². The van der Waals surface area contributed by atoms with Gasteiger partial charge in [0, 0.05) is 67.4 Å². The van der Waals surface area contributed by atoms with Crippen molar-refractivity contribution >= 4 is 52.0 Å². The number of carbonyl (C=O) groups excluding carboxylic acids is 4. The number of H-pyrrole nitrogens is 2. The molecule has 6 bridgehead atoms. The van der Waals surface area contributed by atoms with Crippen LogP contribution in [0.2, 0.25) is 0 Å². The van der Waals surface area contributed by atoms with Gasteiger partial charge >= 0.3 is 17.9 Å². The Balaban J connectivity index is 0.00000703. The number of hydrogen-bond donors (Lipinski definition) is 6. The number of rotatable bonds is 9. The fourth-order valence-corrected chi connectivity index (χ4v) is 8.21. The fraction of sp³-hybridized carbons (Fsp3) is 0.115. The first-order chi connectivity index (χ1) is 32.7. The smallest absolute Gasteiger partial charge is 0.341 e. The number of benzene rings is 4. The first-order valence-electron chi connectivity index (χ1n) is 20.9. The van der Waals surface area contributed by atoms with Crippen molar-refractivity contribution in [1.29, 1.82) is 0 Å². The normalized spacial score (nSPS) is 17.1. The number of nitrogens with zero attached hydrogens (tertiary/aromatic N) is 2. The van der Waals surface area contributed by atoms with Crippen LogP contribution in [0.15, 0.2) is 137 Å². The third kappa shape index (κ3) is 9.36. The van der Waals surface area contributed by atoms with E-state index in [1.54, 1.807) is 67.6 Å². The Bertz CT molecular complexity index is 3390. The second-order valence-electron chi connectivity index (χ2n) is 15.5. The summed E-state index contributed by atoms with van der Waals surface area (Å²) in [7, 11) is 3.61. The molecule has 0 amide bonds. The third-order valence-electron chi connectivity index (χ3n) is 11.5. The number of esters is 3. The predicted octanol–water partition coefficient (Wildman–Crippen LogP) is 4.92. The summed E-state index contributed by atoms with van der Waals surface area (Å²) in [6.45, 7) is 1.82. The van der Waals surface area contributed by atoms with Crippen LogP contribution in [-0.4, -0.2) is 93.6 Å². The van der Waals surface area contributed by atoms with E-state index in [0.29, 0.717) is 78.2 Å². The maximum atomic E-state index is 12.6. The van der Waals surface area contributed by atoms with Crippen LogP contribution in [0, 0.1) is 0 Å². The second kappa shape index (κ2) is 20.1. The first kappa shape index (κ1) is 48.3. The van der Waals surface area contributed by atoms with Crippen LogP contribution in [0.25, 0.3) is 16.7 Å². The van der Waals surface area contributed by atoms with Gasteiger partial charge in [-0.05, 0) is 120 Å². The fourth-order valence-electron chi connectivity index (χ4n) is 8.21. The van der Waals surface area contributed by atoms with E-state index < -0.39 is 41.1 Å². The number of aromatic amines is 2. The molecule has 16 nitrogen and oxygen atoms in total. The van der Waals surface area contributed by atoms with Gasteiger partial charge in [0.15, 0.2) is 0 Å². The molecule has 17 heteroatoms. The van der Waals surface area contributed by atoms with E-state index in [4.69, 9.17) is 24.2 Å². The van der Waals surface area contributed by atoms with Gasteiger partial charge in [-0.15, -0.1) is 0 Å². The van der Waals surface area contributed by atoms with Crippen LogP contribution in [0.4, 0.5) is 0 Å². The minimum Gasteiger partial charge on any atom is -0.545 e. The summed E-state index contributed by atoms with van der Waals surface area (Å²) in [6.07, 6.45) is 7.02. The molecule has 0 fully saturated rings. The van der Waals surface area contributed by atoms with Crippen molar-refractivity contribution in [1.82, 2.24) is 9.97 Å². The van der Waals surface area contributed by atoms with Crippen molar-refractivity contribution in [2.75, 3.05) is 27.9 Å². The average Bonchev–Trinajstić information content (AvgIpc) is 4.12. The standard InChI is InChI=1S/C52H42N4O12.Mn/c1-5-6-36-46(27-9-13-32(44(59)23-27)51(64)67-3)37-17-18-40(55-37)48(29-10-14-33(45(60)24-29)52(65)68-4)41-20-19-39(56-41)47(28-8-11-30(49(61)62)42(57)22-28)38-16-15-35(54-38)34(25-53-36)26-7-12-31(43(58)21-26)50(63)66-2;/h5-24,34,54-55,57-60H,25H2,1-4H3,(H,61,62);/p-1/b6-5-,46-37-,47-39-,48-40-,53-36?;. The number of phenols is 4. The SMILES string of the molecule is C/C=C\C1=NCC(c2ccc(C(=O)OC)c(O)c2)c2ccc([nH]2)/C(c2ccc(C(=O)[O-])c(O)c2)=C2/C=CC(=N2)/C(c2ccc(C(=O)OC)c(O)c2)=c2/cc/c([nH]2)=C/1c1ccc(C(=O)OC)c(O)c1.[Mn]. The van der Waals surface area contributed by atoms with Gasteiger partial charge in [-0.2, -0.15) is 0 Å². The molecule has 6 aromatic rings. The number of aromatic hydroxyl groups is 4. The molecule has 1 atom stereocenters. The molecule has 6 N–H and O–H groups in total. The molecule has 8 rings (SSSR count). The van der Waals surface area contributed by atoms with Gasteiger partial charge in [0.1, 0.15) is 39.7 Å². The van der Waals surface area contributed by atoms with Crippen LogP contribution < -0.4 is 15.8 Å². The first-order valence-corrected chi connectivity index (χ1v) is 20.9. The van der Waals surface area contributed by atoms with Crippen molar-refractivity contribution in [3.05, 3.63) is 194 Å². The van der Waals surface area contributed by atoms with E-state index in [2.05, 4.69) is 9.97 Å². The van der Waals surface area contributed by atoms with E-state index in [1.807, 2.05) is 6.07 Å². The van der Waals surface area contributed by atoms with Crippen molar-refractivity contribution in [3.8, 4) is 23.0 Å². The summed E-state index contributed by atoms with van der Waals surface area (Å²) >= 11 is 0. The zero-order valence-corrected chi connectivity index (χ0v) is 38.3. The van der Waals surface area contributed by atoms with E-state index in [9.17, 15) is 44.7 Å². The summed E-state index contributed by atoms with van der Waals surface area (Å²) in [5.41, 5.74) is 4.81. The van der Waals surface area contributed by atoms with E-state index in [1.165, 1.54) is 75.9 Å². The molecule has 1 unspecified atom stereocenters. The molecule has 0 aliphatic carbocycles. The van der Waals surface area contributed by atoms with Crippen LogP contribution in [-0.2, 0) is 31.3 Å². The maximum Gasteiger partial charge on any atom is 0.341 e. The van der Waals surface area contributed by atoms with Gasteiger partial charge in [0.25, 0.3) is 0 Å². The summed E-state index contributed by atoms with van der Waals surface area (Å²) in [4.78, 5) is 66.8. The average molecular weight is 969 g/mol. The molecule has 349 valence electrons. The predicted molar refractivity (Wildman–Crippen MR) is 248 cm³/mol. The number of nitrogens with one attached hydrogen (secondary N) is 2. The van der Waals surface area contributed by atoms with Gasteiger partial charge in [-0.25, -0.2) is 19.4 Å². The van der Waals surface area contributed by atoms with Crippen molar-refractivity contribution in [2.24, 2.45) is 9.98 Å². The van der Waals surface area contributed by atoms with Crippen molar-refractivity contribution in [3.63, 3.8) is 0 Å². The van der Waals surface area contributed by atoms with Gasteiger partial charge in [0.2, 0.25) is 0 Å². The number of fused-ring (bicyclic) bond motifs is 5. The topological polar surface area (TPSA) is 256 Å². The number of aliphatic imine (C=N–C) groups is 2. The largest absolute Gasteiger partial charge is 0.545 e. The van der Waals surface area contributed by atoms with Gasteiger partial charge in [-0.1, -0.05) is 30.3 Å². The summed E-state index contributed by atoms with van der Waals surface area (Å²) in [6, 6.07) is 24.7. The molecule has 2 aromatic heterocycles. The zero-order chi connectivity index (χ0) is 48.4. The molecule has 0 spiro atoms. The molecule has 2 aliphatic rings. The van der Waals surface area contributed by atoms with Crippen LogP contribution in [0.1, 0.15) is 87.9 Å². The van der Waals surface area contributed by atoms with Crippen LogP contribution in [0.3, 0.4) is 0 Å². The quantitative estimate of drug-likeness (QED) is 0.0642. The maximum absolute atomic E-state index is 12.6. The summed E-state index contributed by atoms with van der Waals surface area (Å²) in [5.74, 6) is -6.04. The van der Waals surface area contributed by atoms with Crippen LogP contribution in [0.5, 0.6) is 23.0 Å². The number of carbonyl (C=O) groups is 4. The van der Waals surface area contributed by atoms with Crippen molar-refractivity contribution < 1.29 is 76.0 Å². The molecule has 2 aliphatic heterocycles. The molecule has 0 saturated heterocycles. The van der Waals surface area contributed by atoms with Crippen LogP contribution >= 0.6 is 0 Å². The Morgan fingerprint density at radius 1 is 0.623 bits per heavy atom. The Morgan fingerprint density at radius 2 is 1.13 bits per heavy atom. The Labute approximate surface area is 403 Å². The molecular weight excluding hydrogens is 928 g/mol. The molecule has 1 radical (unpaired) electrons. The minimum atomic E-state index is -1.57. The summed E-state index contributed by atoms with van der Waals surface area (Å²) < 4.78 is 14.6. The number of ether oxygens (including phenoxy) is 3. The Kier molecular flexibility index (Phi) is 14.0. The van der Waals surface area contributed by atoms with Gasteiger partial charge in [0.05, 0.1) is 51.0 Å². The number of aromatic carboxylic acids is 1. The molecule has 4 heterocycles. The number of hydrogen-bond acceptors (Lipinski definition) is 14.